The van der Waals surface area contributed by atoms with Crippen LogP contribution in [-0.4, -0.2) is 21.4 Å². The summed E-state index contributed by atoms with van der Waals surface area (Å²) in [5, 5.41) is 5.66. The van der Waals surface area contributed by atoms with Gasteiger partial charge in [0.25, 0.3) is 17.4 Å². The molecule has 2 amide bonds. The van der Waals surface area contributed by atoms with Gasteiger partial charge in [0.05, 0.1) is 12.1 Å². The molecule has 0 unspecified atom stereocenters. The second-order valence-corrected chi connectivity index (χ2v) is 7.44. The Balaban J connectivity index is 1.34. The first-order valence-electron chi connectivity index (χ1n) is 10.4. The maximum absolute atomic E-state index is 12.6. The summed E-state index contributed by atoms with van der Waals surface area (Å²) in [5.41, 5.74) is 3.29. The molecule has 2 N–H and O–H groups in total. The van der Waals surface area contributed by atoms with Crippen LogP contribution in [0.3, 0.4) is 0 Å². The first kappa shape index (κ1) is 21.7. The van der Waals surface area contributed by atoms with Crippen LogP contribution in [0, 0.1) is 0 Å². The number of nitrogens with zero attached hydrogens (tertiary/aromatic N) is 2. The number of aromatic nitrogens is 2. The molecule has 0 fully saturated rings. The Morgan fingerprint density at radius 3 is 2.36 bits per heavy atom. The number of benzene rings is 2. The number of pyridine rings is 2. The molecule has 164 valence electrons. The molecule has 0 aliphatic heterocycles. The highest BCUT2D eigenvalue weighted by Crippen LogP contribution is 2.13. The molecule has 2 aromatic carbocycles. The number of nitrogens with one attached hydrogen (secondary N) is 2. The van der Waals surface area contributed by atoms with E-state index in [1.165, 1.54) is 12.3 Å². The third-order valence-corrected chi connectivity index (χ3v) is 5.03. The van der Waals surface area contributed by atoms with Crippen molar-refractivity contribution in [2.24, 2.45) is 0 Å². The standard InChI is InChI=1S/C26H22N4O3/c31-24-8-1-2-14-30(24)18-20-11-9-19(10-12-20)16-28-25(32)21-5-3-7-23(15-21)29-26(33)22-6-4-13-27-17-22/h1-15,17H,16,18H2,(H,28,32)(H,29,33). The minimum atomic E-state index is -0.293. The van der Waals surface area contributed by atoms with Gasteiger partial charge in [-0.3, -0.25) is 19.4 Å². The van der Waals surface area contributed by atoms with Gasteiger partial charge >= 0.3 is 0 Å². The smallest absolute Gasteiger partial charge is 0.257 e. The van der Waals surface area contributed by atoms with Crippen LogP contribution >= 0.6 is 0 Å². The van der Waals surface area contributed by atoms with Gasteiger partial charge in [0.1, 0.15) is 0 Å². The van der Waals surface area contributed by atoms with E-state index in [1.54, 1.807) is 59.4 Å². The Labute approximate surface area is 190 Å². The van der Waals surface area contributed by atoms with Crippen LogP contribution in [-0.2, 0) is 13.1 Å². The number of hydrogen-bond acceptors (Lipinski definition) is 4. The SMILES string of the molecule is O=C(NCc1ccc(Cn2ccccc2=O)cc1)c1cccc(NC(=O)c2cccnc2)c1. The molecule has 0 saturated heterocycles. The van der Waals surface area contributed by atoms with Crippen LogP contribution in [0.2, 0.25) is 0 Å². The number of hydrogen-bond donors (Lipinski definition) is 2. The Morgan fingerprint density at radius 2 is 1.61 bits per heavy atom. The highest BCUT2D eigenvalue weighted by molar-refractivity contribution is 6.04. The van der Waals surface area contributed by atoms with E-state index in [2.05, 4.69) is 15.6 Å². The molecule has 0 radical (unpaired) electrons. The third-order valence-electron chi connectivity index (χ3n) is 5.03. The normalized spacial score (nSPS) is 10.4. The van der Waals surface area contributed by atoms with Crippen LogP contribution in [0.5, 0.6) is 0 Å². The van der Waals surface area contributed by atoms with E-state index >= 15 is 0 Å². The summed E-state index contributed by atoms with van der Waals surface area (Å²) in [5.74, 6) is -0.536. The minimum absolute atomic E-state index is 0.0484. The summed E-state index contributed by atoms with van der Waals surface area (Å²) in [4.78, 5) is 40.7. The van der Waals surface area contributed by atoms with Gasteiger partial charge < -0.3 is 15.2 Å². The fourth-order valence-corrected chi connectivity index (χ4v) is 3.27. The molecule has 4 rings (SSSR count). The first-order valence-corrected chi connectivity index (χ1v) is 10.4. The fourth-order valence-electron chi connectivity index (χ4n) is 3.27. The van der Waals surface area contributed by atoms with Crippen molar-refractivity contribution >= 4 is 17.5 Å². The molecule has 7 heteroatoms. The second-order valence-electron chi connectivity index (χ2n) is 7.44. The maximum Gasteiger partial charge on any atom is 0.257 e. The Bertz CT molecular complexity index is 1320. The van der Waals surface area contributed by atoms with Crippen molar-refractivity contribution in [3.8, 4) is 0 Å². The Morgan fingerprint density at radius 1 is 0.818 bits per heavy atom. The summed E-state index contributed by atoms with van der Waals surface area (Å²) in [6, 6.07) is 22.9. The van der Waals surface area contributed by atoms with Gasteiger partial charge in [-0.15, -0.1) is 0 Å². The summed E-state index contributed by atoms with van der Waals surface area (Å²) in [6.45, 7) is 0.848. The fraction of sp³-hybridized carbons (Fsp3) is 0.0769. The molecule has 7 nitrogen and oxygen atoms in total. The number of anilines is 1. The third kappa shape index (κ3) is 5.80. The lowest BCUT2D eigenvalue weighted by Gasteiger charge is -2.09. The summed E-state index contributed by atoms with van der Waals surface area (Å²) in [6.07, 6.45) is 4.83. The highest BCUT2D eigenvalue weighted by Gasteiger charge is 2.09. The van der Waals surface area contributed by atoms with E-state index in [0.29, 0.717) is 29.9 Å². The average molecular weight is 438 g/mol. The first-order chi connectivity index (χ1) is 16.1. The highest BCUT2D eigenvalue weighted by atomic mass is 16.2. The van der Waals surface area contributed by atoms with Gasteiger partial charge in [0.2, 0.25) is 0 Å². The predicted octanol–water partition coefficient (Wildman–Crippen LogP) is 3.47. The molecule has 2 heterocycles. The number of carbonyl (C=O) groups excluding carboxylic acids is 2. The van der Waals surface area contributed by atoms with Gasteiger partial charge in [-0.1, -0.05) is 36.4 Å². The van der Waals surface area contributed by atoms with Crippen LogP contribution in [0.1, 0.15) is 31.8 Å². The Kier molecular flexibility index (Phi) is 6.70. The zero-order valence-electron chi connectivity index (χ0n) is 17.8. The predicted molar refractivity (Wildman–Crippen MR) is 126 cm³/mol. The lowest BCUT2D eigenvalue weighted by atomic mass is 10.1. The van der Waals surface area contributed by atoms with Crippen molar-refractivity contribution in [2.75, 3.05) is 5.32 Å². The van der Waals surface area contributed by atoms with Crippen molar-refractivity contribution in [1.82, 2.24) is 14.9 Å². The van der Waals surface area contributed by atoms with Gasteiger partial charge in [-0.2, -0.15) is 0 Å². The number of carbonyl (C=O) groups is 2. The second kappa shape index (κ2) is 10.2. The molecular weight excluding hydrogens is 416 g/mol. The molecule has 0 bridgehead atoms. The van der Waals surface area contributed by atoms with E-state index < -0.39 is 0 Å². The maximum atomic E-state index is 12.6. The number of amides is 2. The molecule has 0 aliphatic rings. The molecule has 33 heavy (non-hydrogen) atoms. The zero-order valence-corrected chi connectivity index (χ0v) is 17.8. The summed E-state index contributed by atoms with van der Waals surface area (Å²) in [7, 11) is 0. The van der Waals surface area contributed by atoms with Gasteiger partial charge in [-0.05, 0) is 47.5 Å². The molecule has 0 saturated carbocycles. The van der Waals surface area contributed by atoms with E-state index in [4.69, 9.17) is 0 Å². The van der Waals surface area contributed by atoms with Crippen molar-refractivity contribution in [1.29, 1.82) is 0 Å². The molecule has 4 aromatic rings. The quantitative estimate of drug-likeness (QED) is 0.462. The van der Waals surface area contributed by atoms with Crippen LogP contribution in [0.4, 0.5) is 5.69 Å². The summed E-state index contributed by atoms with van der Waals surface area (Å²) < 4.78 is 1.64. The largest absolute Gasteiger partial charge is 0.348 e. The van der Waals surface area contributed by atoms with E-state index in [0.717, 1.165) is 11.1 Å². The van der Waals surface area contributed by atoms with Crippen LogP contribution in [0.15, 0.2) is 102 Å². The van der Waals surface area contributed by atoms with E-state index in [1.807, 2.05) is 30.3 Å². The minimum Gasteiger partial charge on any atom is -0.348 e. The van der Waals surface area contributed by atoms with Crippen molar-refractivity contribution in [2.45, 2.75) is 13.1 Å². The molecule has 0 spiro atoms. The zero-order chi connectivity index (χ0) is 23.0. The lowest BCUT2D eigenvalue weighted by Crippen LogP contribution is -2.23. The molecule has 0 aliphatic carbocycles. The average Bonchev–Trinajstić information content (AvgIpc) is 2.85. The number of rotatable bonds is 7. The topological polar surface area (TPSA) is 93.1 Å². The van der Waals surface area contributed by atoms with Crippen molar-refractivity contribution < 1.29 is 9.59 Å². The molecular formula is C26H22N4O3. The van der Waals surface area contributed by atoms with Gasteiger partial charge in [0, 0.05) is 42.5 Å². The van der Waals surface area contributed by atoms with Crippen LogP contribution < -0.4 is 16.2 Å². The van der Waals surface area contributed by atoms with E-state index in [9.17, 15) is 14.4 Å². The van der Waals surface area contributed by atoms with Gasteiger partial charge in [0.15, 0.2) is 0 Å². The summed E-state index contributed by atoms with van der Waals surface area (Å²) >= 11 is 0. The van der Waals surface area contributed by atoms with Crippen molar-refractivity contribution in [3.63, 3.8) is 0 Å². The molecule has 0 atom stereocenters. The van der Waals surface area contributed by atoms with Crippen molar-refractivity contribution in [3.05, 3.63) is 130 Å². The monoisotopic (exact) mass is 438 g/mol. The van der Waals surface area contributed by atoms with Crippen LogP contribution in [0.25, 0.3) is 0 Å². The lowest BCUT2D eigenvalue weighted by molar-refractivity contribution is 0.0949. The van der Waals surface area contributed by atoms with Gasteiger partial charge in [-0.25, -0.2) is 0 Å². The van der Waals surface area contributed by atoms with E-state index in [-0.39, 0.29) is 17.4 Å². The molecule has 2 aromatic heterocycles. The Hall–Kier alpha value is -4.52.